The first kappa shape index (κ1) is 13.0. The van der Waals surface area contributed by atoms with Crippen LogP contribution in [0, 0.1) is 10.1 Å². The molecule has 1 heterocycles. The molecule has 0 radical (unpaired) electrons. The fraction of sp³-hybridized carbons (Fsp3) is 0.250. The molecule has 2 rings (SSSR count). The maximum atomic E-state index is 10.5. The Balaban J connectivity index is 2.00. The molecule has 0 bridgehead atoms. The Morgan fingerprint density at radius 1 is 1.37 bits per heavy atom. The molecule has 0 fully saturated rings. The molecule has 0 unspecified atom stereocenters. The van der Waals surface area contributed by atoms with Gasteiger partial charge >= 0.3 is 0 Å². The van der Waals surface area contributed by atoms with Crippen molar-refractivity contribution >= 4 is 17.1 Å². The van der Waals surface area contributed by atoms with E-state index in [1.807, 2.05) is 6.20 Å². The van der Waals surface area contributed by atoms with E-state index >= 15 is 0 Å². The minimum atomic E-state index is -0.424. The molecule has 0 aliphatic carbocycles. The van der Waals surface area contributed by atoms with Crippen LogP contribution in [0.3, 0.4) is 0 Å². The van der Waals surface area contributed by atoms with Gasteiger partial charge in [-0.15, -0.1) is 0 Å². The van der Waals surface area contributed by atoms with Crippen LogP contribution >= 0.6 is 0 Å². The van der Waals surface area contributed by atoms with Gasteiger partial charge in [0.15, 0.2) is 0 Å². The largest absolute Gasteiger partial charge is 0.383 e. The first-order valence-electron chi connectivity index (χ1n) is 5.72. The molecule has 0 saturated carbocycles. The molecule has 1 aromatic carbocycles. The number of aromatic nitrogens is 2. The fourth-order valence-corrected chi connectivity index (χ4v) is 1.57. The lowest BCUT2D eigenvalue weighted by Gasteiger charge is -2.02. The van der Waals surface area contributed by atoms with Crippen molar-refractivity contribution in [1.82, 2.24) is 9.78 Å². The highest BCUT2D eigenvalue weighted by Gasteiger charge is 2.04. The number of hydrogen-bond acceptors (Lipinski definition) is 5. The molecule has 0 aliphatic rings. The van der Waals surface area contributed by atoms with E-state index < -0.39 is 4.92 Å². The van der Waals surface area contributed by atoms with Crippen LogP contribution in [0.5, 0.6) is 0 Å². The second-order valence-electron chi connectivity index (χ2n) is 3.91. The SMILES string of the molecule is COCCn1cc(Nc2ccc([N+](=O)[O-])cc2)cn1. The molecular weight excluding hydrogens is 248 g/mol. The molecule has 0 aliphatic heterocycles. The first-order chi connectivity index (χ1) is 9.19. The summed E-state index contributed by atoms with van der Waals surface area (Å²) in [5.41, 5.74) is 1.67. The van der Waals surface area contributed by atoms with Gasteiger partial charge in [-0.2, -0.15) is 5.10 Å². The third-order valence-corrected chi connectivity index (χ3v) is 2.52. The van der Waals surface area contributed by atoms with Crippen LogP contribution in [0.15, 0.2) is 36.7 Å². The number of benzene rings is 1. The lowest BCUT2D eigenvalue weighted by atomic mass is 10.3. The predicted octanol–water partition coefficient (Wildman–Crippen LogP) is 2.18. The van der Waals surface area contributed by atoms with Crippen molar-refractivity contribution < 1.29 is 9.66 Å². The number of rotatable bonds is 6. The van der Waals surface area contributed by atoms with E-state index in [9.17, 15) is 10.1 Å². The minimum Gasteiger partial charge on any atom is -0.383 e. The molecule has 0 spiro atoms. The summed E-state index contributed by atoms with van der Waals surface area (Å²) in [7, 11) is 1.64. The summed E-state index contributed by atoms with van der Waals surface area (Å²) in [5, 5.41) is 17.8. The third kappa shape index (κ3) is 3.52. The molecule has 7 nitrogen and oxygen atoms in total. The number of hydrogen-bond donors (Lipinski definition) is 1. The lowest BCUT2D eigenvalue weighted by Crippen LogP contribution is -2.03. The van der Waals surface area contributed by atoms with E-state index in [0.29, 0.717) is 13.2 Å². The smallest absolute Gasteiger partial charge is 0.269 e. The van der Waals surface area contributed by atoms with Crippen LogP contribution in [-0.2, 0) is 11.3 Å². The van der Waals surface area contributed by atoms with Gasteiger partial charge in [-0.1, -0.05) is 0 Å². The van der Waals surface area contributed by atoms with Crippen LogP contribution in [0.1, 0.15) is 0 Å². The highest BCUT2D eigenvalue weighted by Crippen LogP contribution is 2.19. The molecule has 2 aromatic rings. The van der Waals surface area contributed by atoms with Gasteiger partial charge in [-0.25, -0.2) is 0 Å². The zero-order valence-electron chi connectivity index (χ0n) is 10.4. The number of non-ortho nitro benzene ring substituents is 1. The summed E-state index contributed by atoms with van der Waals surface area (Å²) in [5.74, 6) is 0. The summed E-state index contributed by atoms with van der Waals surface area (Å²) in [6, 6.07) is 6.23. The standard InChI is InChI=1S/C12H14N4O3/c1-19-7-6-15-9-11(8-13-15)14-10-2-4-12(5-3-10)16(17)18/h2-5,8-9,14H,6-7H2,1H3. The highest BCUT2D eigenvalue weighted by molar-refractivity contribution is 5.59. The molecule has 100 valence electrons. The van der Waals surface area contributed by atoms with Gasteiger partial charge in [-0.05, 0) is 12.1 Å². The summed E-state index contributed by atoms with van der Waals surface area (Å²) in [6.45, 7) is 1.27. The topological polar surface area (TPSA) is 82.2 Å². The Hall–Kier alpha value is -2.41. The van der Waals surface area contributed by atoms with E-state index in [4.69, 9.17) is 4.74 Å². The lowest BCUT2D eigenvalue weighted by molar-refractivity contribution is -0.384. The van der Waals surface area contributed by atoms with Crippen LogP contribution in [-0.4, -0.2) is 28.4 Å². The normalized spacial score (nSPS) is 10.4. The number of ether oxygens (including phenoxy) is 1. The Morgan fingerprint density at radius 2 is 2.11 bits per heavy atom. The maximum Gasteiger partial charge on any atom is 0.269 e. The minimum absolute atomic E-state index is 0.0707. The Morgan fingerprint density at radius 3 is 2.74 bits per heavy atom. The van der Waals surface area contributed by atoms with Gasteiger partial charge < -0.3 is 10.1 Å². The van der Waals surface area contributed by atoms with Crippen LogP contribution in [0.2, 0.25) is 0 Å². The van der Waals surface area contributed by atoms with Crippen LogP contribution in [0.4, 0.5) is 17.1 Å². The number of anilines is 2. The number of methoxy groups -OCH3 is 1. The maximum absolute atomic E-state index is 10.5. The summed E-state index contributed by atoms with van der Waals surface area (Å²) >= 11 is 0. The molecular formula is C12H14N4O3. The van der Waals surface area contributed by atoms with Gasteiger partial charge in [-0.3, -0.25) is 14.8 Å². The van der Waals surface area contributed by atoms with E-state index in [-0.39, 0.29) is 5.69 Å². The zero-order chi connectivity index (χ0) is 13.7. The predicted molar refractivity (Wildman–Crippen MR) is 70.5 cm³/mol. The second-order valence-corrected chi connectivity index (χ2v) is 3.91. The van der Waals surface area contributed by atoms with Crippen molar-refractivity contribution in [3.8, 4) is 0 Å². The molecule has 0 atom stereocenters. The summed E-state index contributed by atoms with van der Waals surface area (Å²) < 4.78 is 6.72. The number of nitro groups is 1. The van der Waals surface area contributed by atoms with Crippen molar-refractivity contribution in [2.24, 2.45) is 0 Å². The fourth-order valence-electron chi connectivity index (χ4n) is 1.57. The van der Waals surface area contributed by atoms with Crippen LogP contribution < -0.4 is 5.32 Å². The average molecular weight is 262 g/mol. The molecule has 0 amide bonds. The van der Waals surface area contributed by atoms with Gasteiger partial charge in [0.25, 0.3) is 5.69 Å². The third-order valence-electron chi connectivity index (χ3n) is 2.52. The van der Waals surface area contributed by atoms with Gasteiger partial charge in [0.2, 0.25) is 0 Å². The van der Waals surface area contributed by atoms with E-state index in [1.165, 1.54) is 12.1 Å². The summed E-state index contributed by atoms with van der Waals surface area (Å²) in [6.07, 6.45) is 3.54. The van der Waals surface area contributed by atoms with E-state index in [0.717, 1.165) is 11.4 Å². The Labute approximate surface area is 110 Å². The quantitative estimate of drug-likeness (QED) is 0.637. The zero-order valence-corrected chi connectivity index (χ0v) is 10.4. The molecule has 1 aromatic heterocycles. The summed E-state index contributed by atoms with van der Waals surface area (Å²) in [4.78, 5) is 10.1. The molecule has 1 N–H and O–H groups in total. The Bertz CT molecular complexity index is 550. The highest BCUT2D eigenvalue weighted by atomic mass is 16.6. The number of nitro benzene ring substituents is 1. The average Bonchev–Trinajstić information content (AvgIpc) is 2.84. The second kappa shape index (κ2) is 5.96. The van der Waals surface area contributed by atoms with Crippen molar-refractivity contribution in [3.63, 3.8) is 0 Å². The van der Waals surface area contributed by atoms with Gasteiger partial charge in [0.1, 0.15) is 0 Å². The van der Waals surface area contributed by atoms with Gasteiger partial charge in [0.05, 0.1) is 30.0 Å². The molecule has 19 heavy (non-hydrogen) atoms. The van der Waals surface area contributed by atoms with Crippen LogP contribution in [0.25, 0.3) is 0 Å². The molecule has 0 saturated heterocycles. The van der Waals surface area contributed by atoms with Crippen molar-refractivity contribution in [1.29, 1.82) is 0 Å². The number of nitrogens with zero attached hydrogens (tertiary/aromatic N) is 3. The molecule has 7 heteroatoms. The van der Waals surface area contributed by atoms with Crippen molar-refractivity contribution in [2.75, 3.05) is 19.0 Å². The van der Waals surface area contributed by atoms with Crippen molar-refractivity contribution in [2.45, 2.75) is 6.54 Å². The van der Waals surface area contributed by atoms with Crippen molar-refractivity contribution in [3.05, 3.63) is 46.8 Å². The monoisotopic (exact) mass is 262 g/mol. The first-order valence-corrected chi connectivity index (χ1v) is 5.72. The number of nitrogens with one attached hydrogen (secondary N) is 1. The van der Waals surface area contributed by atoms with Gasteiger partial charge in [0, 0.05) is 31.1 Å². The van der Waals surface area contributed by atoms with E-state index in [1.54, 1.807) is 30.1 Å². The van der Waals surface area contributed by atoms with E-state index in [2.05, 4.69) is 10.4 Å². The Kier molecular flexibility index (Phi) is 4.09.